The zero-order chi connectivity index (χ0) is 11.5. The van der Waals surface area contributed by atoms with Crippen LogP contribution < -0.4 is 5.32 Å². The molecule has 0 spiro atoms. The highest BCUT2D eigenvalue weighted by Crippen LogP contribution is 2.12. The molecule has 1 heterocycles. The predicted molar refractivity (Wildman–Crippen MR) is 63.9 cm³/mol. The molecule has 1 aliphatic rings. The molecule has 2 N–H and O–H groups in total. The van der Waals surface area contributed by atoms with Crippen molar-refractivity contribution in [1.29, 1.82) is 0 Å². The SMILES string of the molecule is CC(C)(C)OC(=O)N1CCNCC1CO.Cl. The molecular formula is C10H21ClN2O3. The largest absolute Gasteiger partial charge is 0.444 e. The number of hydrogen-bond donors (Lipinski definition) is 2. The van der Waals surface area contributed by atoms with Crippen molar-refractivity contribution in [3.63, 3.8) is 0 Å². The quantitative estimate of drug-likeness (QED) is 0.718. The second kappa shape index (κ2) is 6.27. The molecule has 1 saturated heterocycles. The van der Waals surface area contributed by atoms with E-state index in [1.165, 1.54) is 0 Å². The van der Waals surface area contributed by atoms with Gasteiger partial charge in [0.15, 0.2) is 0 Å². The van der Waals surface area contributed by atoms with Crippen molar-refractivity contribution in [2.24, 2.45) is 0 Å². The van der Waals surface area contributed by atoms with Gasteiger partial charge in [0.05, 0.1) is 12.6 Å². The van der Waals surface area contributed by atoms with Crippen LogP contribution in [0.5, 0.6) is 0 Å². The number of aliphatic hydroxyl groups excluding tert-OH is 1. The van der Waals surface area contributed by atoms with Gasteiger partial charge in [0.2, 0.25) is 0 Å². The maximum atomic E-state index is 11.7. The van der Waals surface area contributed by atoms with E-state index in [0.717, 1.165) is 6.54 Å². The standard InChI is InChI=1S/C10H20N2O3.ClH/c1-10(2,3)15-9(14)12-5-4-11-6-8(12)7-13;/h8,11,13H,4-7H2,1-3H3;1H. The van der Waals surface area contributed by atoms with Crippen LogP contribution in [0, 0.1) is 0 Å². The van der Waals surface area contributed by atoms with E-state index in [9.17, 15) is 4.79 Å². The van der Waals surface area contributed by atoms with Crippen LogP contribution >= 0.6 is 12.4 Å². The van der Waals surface area contributed by atoms with Gasteiger partial charge in [-0.1, -0.05) is 0 Å². The van der Waals surface area contributed by atoms with Crippen molar-refractivity contribution >= 4 is 18.5 Å². The molecule has 1 fully saturated rings. The number of halogens is 1. The van der Waals surface area contributed by atoms with E-state index in [1.54, 1.807) is 4.90 Å². The van der Waals surface area contributed by atoms with Crippen molar-refractivity contribution in [3.8, 4) is 0 Å². The number of rotatable bonds is 1. The Morgan fingerprint density at radius 2 is 2.19 bits per heavy atom. The summed E-state index contributed by atoms with van der Waals surface area (Å²) < 4.78 is 5.26. The number of carbonyl (C=O) groups is 1. The monoisotopic (exact) mass is 252 g/mol. The Labute approximate surface area is 103 Å². The van der Waals surface area contributed by atoms with Crippen molar-refractivity contribution in [2.75, 3.05) is 26.2 Å². The zero-order valence-corrected chi connectivity index (χ0v) is 10.8. The average Bonchev–Trinajstić information content (AvgIpc) is 2.15. The molecule has 0 radical (unpaired) electrons. The van der Waals surface area contributed by atoms with Crippen LogP contribution in [-0.2, 0) is 4.74 Å². The number of nitrogens with one attached hydrogen (secondary N) is 1. The van der Waals surface area contributed by atoms with Crippen LogP contribution in [-0.4, -0.2) is 54.0 Å². The summed E-state index contributed by atoms with van der Waals surface area (Å²) in [6.45, 7) is 7.42. The Balaban J connectivity index is 0.00000225. The number of hydrogen-bond acceptors (Lipinski definition) is 4. The lowest BCUT2D eigenvalue weighted by molar-refractivity contribution is 0.00465. The number of nitrogens with zero attached hydrogens (tertiary/aromatic N) is 1. The average molecular weight is 253 g/mol. The van der Waals surface area contributed by atoms with Gasteiger partial charge in [-0.3, -0.25) is 0 Å². The summed E-state index contributed by atoms with van der Waals surface area (Å²) in [6.07, 6.45) is -0.344. The van der Waals surface area contributed by atoms with Crippen LogP contribution in [0.1, 0.15) is 20.8 Å². The molecule has 0 aromatic heterocycles. The third-order valence-electron chi connectivity index (χ3n) is 2.19. The van der Waals surface area contributed by atoms with E-state index in [2.05, 4.69) is 5.32 Å². The molecule has 96 valence electrons. The number of carbonyl (C=O) groups excluding carboxylic acids is 1. The molecule has 1 aliphatic heterocycles. The molecule has 6 heteroatoms. The van der Waals surface area contributed by atoms with Crippen LogP contribution in [0.15, 0.2) is 0 Å². The molecule has 0 aromatic carbocycles. The molecule has 16 heavy (non-hydrogen) atoms. The lowest BCUT2D eigenvalue weighted by Gasteiger charge is -2.36. The third-order valence-corrected chi connectivity index (χ3v) is 2.19. The highest BCUT2D eigenvalue weighted by atomic mass is 35.5. The lowest BCUT2D eigenvalue weighted by Crippen LogP contribution is -2.56. The Bertz CT molecular complexity index is 231. The molecule has 0 aliphatic carbocycles. The molecule has 1 rings (SSSR count). The highest BCUT2D eigenvalue weighted by Gasteiger charge is 2.29. The molecule has 1 atom stereocenters. The number of aliphatic hydroxyl groups is 1. The minimum Gasteiger partial charge on any atom is -0.444 e. The summed E-state index contributed by atoms with van der Waals surface area (Å²) in [6, 6.07) is -0.173. The van der Waals surface area contributed by atoms with Gasteiger partial charge in [-0.2, -0.15) is 0 Å². The second-order valence-corrected chi connectivity index (χ2v) is 4.71. The molecule has 0 aromatic rings. The van der Waals surface area contributed by atoms with Gasteiger partial charge in [-0.25, -0.2) is 4.79 Å². The van der Waals surface area contributed by atoms with E-state index in [1.807, 2.05) is 20.8 Å². The van der Waals surface area contributed by atoms with Crippen LogP contribution in [0.4, 0.5) is 4.79 Å². The Kier molecular flexibility index (Phi) is 6.07. The van der Waals surface area contributed by atoms with Crippen molar-refractivity contribution in [1.82, 2.24) is 10.2 Å². The maximum Gasteiger partial charge on any atom is 0.410 e. The summed E-state index contributed by atoms with van der Waals surface area (Å²) in [4.78, 5) is 13.3. The molecular weight excluding hydrogens is 232 g/mol. The van der Waals surface area contributed by atoms with E-state index < -0.39 is 5.60 Å². The molecule has 0 bridgehead atoms. The highest BCUT2D eigenvalue weighted by molar-refractivity contribution is 5.85. The van der Waals surface area contributed by atoms with Gasteiger partial charge in [0.25, 0.3) is 0 Å². The van der Waals surface area contributed by atoms with Crippen molar-refractivity contribution in [2.45, 2.75) is 32.4 Å². The first-order valence-corrected chi connectivity index (χ1v) is 5.25. The predicted octanol–water partition coefficient (Wildman–Crippen LogP) is 0.609. The maximum absolute atomic E-state index is 11.7. The van der Waals surface area contributed by atoms with Crippen molar-refractivity contribution < 1.29 is 14.6 Å². The summed E-state index contributed by atoms with van der Waals surface area (Å²) >= 11 is 0. The molecule has 1 unspecified atom stereocenters. The minimum atomic E-state index is -0.484. The second-order valence-electron chi connectivity index (χ2n) is 4.71. The van der Waals surface area contributed by atoms with E-state index >= 15 is 0 Å². The van der Waals surface area contributed by atoms with Gasteiger partial charge >= 0.3 is 6.09 Å². The molecule has 1 amide bonds. The number of ether oxygens (including phenoxy) is 1. The zero-order valence-electron chi connectivity index (χ0n) is 10.0. The first-order chi connectivity index (χ1) is 6.94. The first kappa shape index (κ1) is 15.5. The lowest BCUT2D eigenvalue weighted by atomic mass is 10.2. The summed E-state index contributed by atoms with van der Waals surface area (Å²) in [5, 5.41) is 12.2. The van der Waals surface area contributed by atoms with Gasteiger partial charge in [-0.05, 0) is 20.8 Å². The Hall–Kier alpha value is -0.520. The van der Waals surface area contributed by atoms with E-state index in [-0.39, 0.29) is 31.1 Å². The van der Waals surface area contributed by atoms with Gasteiger partial charge in [0.1, 0.15) is 5.60 Å². The first-order valence-electron chi connectivity index (χ1n) is 5.25. The Morgan fingerprint density at radius 3 is 2.69 bits per heavy atom. The fraction of sp³-hybridized carbons (Fsp3) is 0.900. The van der Waals surface area contributed by atoms with Crippen molar-refractivity contribution in [3.05, 3.63) is 0 Å². The fourth-order valence-electron chi connectivity index (χ4n) is 1.48. The summed E-state index contributed by atoms with van der Waals surface area (Å²) in [5.41, 5.74) is -0.484. The van der Waals surface area contributed by atoms with Gasteiger partial charge in [0, 0.05) is 19.6 Å². The fourth-order valence-corrected chi connectivity index (χ4v) is 1.48. The number of piperazine rings is 1. The Morgan fingerprint density at radius 1 is 1.56 bits per heavy atom. The smallest absolute Gasteiger partial charge is 0.410 e. The summed E-state index contributed by atoms with van der Waals surface area (Å²) in [5.74, 6) is 0. The van der Waals surface area contributed by atoms with Crippen LogP contribution in [0.2, 0.25) is 0 Å². The molecule has 0 saturated carbocycles. The van der Waals surface area contributed by atoms with E-state index in [4.69, 9.17) is 9.84 Å². The van der Waals surface area contributed by atoms with Gasteiger partial charge in [-0.15, -0.1) is 12.4 Å². The van der Waals surface area contributed by atoms with Crippen LogP contribution in [0.25, 0.3) is 0 Å². The van der Waals surface area contributed by atoms with Crippen LogP contribution in [0.3, 0.4) is 0 Å². The third kappa shape index (κ3) is 4.55. The van der Waals surface area contributed by atoms with E-state index in [0.29, 0.717) is 13.1 Å². The normalized spacial score (nSPS) is 21.2. The number of amides is 1. The minimum absolute atomic E-state index is 0. The summed E-state index contributed by atoms with van der Waals surface area (Å²) in [7, 11) is 0. The topological polar surface area (TPSA) is 61.8 Å². The van der Waals surface area contributed by atoms with Gasteiger partial charge < -0.3 is 20.1 Å². The molecule has 5 nitrogen and oxygen atoms in total.